The molecule has 9 nitrogen and oxygen atoms in total. The first-order valence-electron chi connectivity index (χ1n) is 15.0. The third kappa shape index (κ3) is 3.98. The SMILES string of the molecule is O=C1OC(Oc2c3n(ccc2=O)N(C2c4ccccc4-c4sccc4-c4c2ccc(F)c4F)C2COCCN2C3=O)c2ccccc21. The van der Waals surface area contributed by atoms with Gasteiger partial charge in [-0.05, 0) is 40.3 Å². The molecule has 234 valence electrons. The Morgan fingerprint density at radius 3 is 2.49 bits per heavy atom. The number of morpholine rings is 1. The van der Waals surface area contributed by atoms with E-state index in [-0.39, 0.29) is 36.8 Å². The normalized spacial score (nSPS) is 20.7. The van der Waals surface area contributed by atoms with Crippen LogP contribution in [0.2, 0.25) is 0 Å². The van der Waals surface area contributed by atoms with E-state index in [0.29, 0.717) is 22.3 Å². The molecule has 4 aliphatic rings. The molecule has 9 rings (SSSR count). The Labute approximate surface area is 269 Å². The maximum absolute atomic E-state index is 16.0. The average molecular weight is 652 g/mol. The van der Waals surface area contributed by atoms with Crippen molar-refractivity contribution in [1.29, 1.82) is 0 Å². The van der Waals surface area contributed by atoms with Gasteiger partial charge >= 0.3 is 5.97 Å². The number of thiophene rings is 1. The molecular weight excluding hydrogens is 628 g/mol. The second-order valence-electron chi connectivity index (χ2n) is 11.6. The number of hydrogen-bond acceptors (Lipinski definition) is 8. The number of ether oxygens (including phenoxy) is 3. The predicted molar refractivity (Wildman–Crippen MR) is 167 cm³/mol. The standard InChI is InChI=1S/C35H23F2N3O6S/c36-24-10-9-22-27(28(24)37)23-12-16-47-32(23)19-6-2-1-5-18(19)29(22)40-26-17-44-15-14-38(26)33(42)30-31(25(41)11-13-39(30)40)45-35-21-8-4-3-7-20(21)34(43)46-35/h1-13,16,26,29,35H,14-15,17H2. The van der Waals surface area contributed by atoms with Crippen LogP contribution < -0.4 is 15.2 Å². The maximum Gasteiger partial charge on any atom is 0.342 e. The molecule has 0 bridgehead atoms. The van der Waals surface area contributed by atoms with Gasteiger partial charge in [-0.2, -0.15) is 0 Å². The Hall–Kier alpha value is -5.33. The number of pyridine rings is 1. The molecule has 1 fully saturated rings. The summed E-state index contributed by atoms with van der Waals surface area (Å²) >= 11 is 1.43. The molecule has 1 amide bonds. The van der Waals surface area contributed by atoms with E-state index in [1.165, 1.54) is 23.6 Å². The molecule has 0 spiro atoms. The molecule has 3 unspecified atom stereocenters. The van der Waals surface area contributed by atoms with Gasteiger partial charge in [-0.25, -0.2) is 13.6 Å². The Balaban J connectivity index is 1.30. The lowest BCUT2D eigenvalue weighted by Gasteiger charge is -2.51. The lowest BCUT2D eigenvalue weighted by Crippen LogP contribution is -2.66. The van der Waals surface area contributed by atoms with Gasteiger partial charge in [-0.15, -0.1) is 11.3 Å². The van der Waals surface area contributed by atoms with Crippen molar-refractivity contribution in [2.75, 3.05) is 24.8 Å². The fraction of sp³-hybridized carbons (Fsp3) is 0.171. The third-order valence-corrected chi connectivity index (χ3v) is 10.1. The summed E-state index contributed by atoms with van der Waals surface area (Å²) in [5.41, 5.74) is 2.82. The molecule has 3 aromatic carbocycles. The minimum absolute atomic E-state index is 0.0864. The molecule has 0 N–H and O–H groups in total. The number of fused-ring (bicyclic) bond motifs is 8. The van der Waals surface area contributed by atoms with Gasteiger partial charge in [0.2, 0.25) is 11.2 Å². The van der Waals surface area contributed by atoms with Crippen LogP contribution in [-0.2, 0) is 9.47 Å². The zero-order valence-corrected chi connectivity index (χ0v) is 25.2. The molecule has 3 atom stereocenters. The topological polar surface area (TPSA) is 90.3 Å². The zero-order chi connectivity index (χ0) is 32.0. The molecular formula is C35H23F2N3O6S. The van der Waals surface area contributed by atoms with E-state index in [0.717, 1.165) is 22.1 Å². The number of cyclic esters (lactones) is 1. The van der Waals surface area contributed by atoms with Crippen LogP contribution in [0.3, 0.4) is 0 Å². The largest absolute Gasteiger partial charge is 0.444 e. The Kier molecular flexibility index (Phi) is 6.15. The molecule has 0 saturated carbocycles. The molecule has 5 heterocycles. The number of hydrogen-bond donors (Lipinski definition) is 0. The van der Waals surface area contributed by atoms with Crippen molar-refractivity contribution in [3.63, 3.8) is 0 Å². The Morgan fingerprint density at radius 2 is 1.64 bits per heavy atom. The second-order valence-corrected chi connectivity index (χ2v) is 12.5. The maximum atomic E-state index is 16.0. The highest BCUT2D eigenvalue weighted by Crippen LogP contribution is 2.51. The molecule has 0 radical (unpaired) electrons. The first kappa shape index (κ1) is 27.9. The first-order valence-corrected chi connectivity index (χ1v) is 15.8. The van der Waals surface area contributed by atoms with Crippen LogP contribution >= 0.6 is 11.3 Å². The first-order chi connectivity index (χ1) is 22.9. The van der Waals surface area contributed by atoms with Gasteiger partial charge in [0.1, 0.15) is 6.17 Å². The van der Waals surface area contributed by atoms with Crippen molar-refractivity contribution in [2.45, 2.75) is 18.5 Å². The van der Waals surface area contributed by atoms with E-state index in [2.05, 4.69) is 0 Å². The van der Waals surface area contributed by atoms with Crippen LogP contribution in [0.1, 0.15) is 49.9 Å². The monoisotopic (exact) mass is 651 g/mol. The van der Waals surface area contributed by atoms with E-state index in [1.54, 1.807) is 46.0 Å². The summed E-state index contributed by atoms with van der Waals surface area (Å²) in [5, 5.41) is 3.71. The predicted octanol–water partition coefficient (Wildman–Crippen LogP) is 5.62. The lowest BCUT2D eigenvalue weighted by atomic mass is 9.92. The van der Waals surface area contributed by atoms with E-state index in [4.69, 9.17) is 14.2 Å². The van der Waals surface area contributed by atoms with Crippen molar-refractivity contribution in [3.8, 4) is 27.3 Å². The highest BCUT2D eigenvalue weighted by molar-refractivity contribution is 7.14. The van der Waals surface area contributed by atoms with Gasteiger partial charge < -0.3 is 19.1 Å². The van der Waals surface area contributed by atoms with Crippen molar-refractivity contribution in [3.05, 3.63) is 134 Å². The summed E-state index contributed by atoms with van der Waals surface area (Å²) in [5.74, 6) is -3.34. The highest BCUT2D eigenvalue weighted by Gasteiger charge is 2.47. The highest BCUT2D eigenvalue weighted by atomic mass is 32.1. The zero-order valence-electron chi connectivity index (χ0n) is 24.4. The number of esters is 1. The number of amides is 1. The summed E-state index contributed by atoms with van der Waals surface area (Å²) in [7, 11) is 0. The van der Waals surface area contributed by atoms with Gasteiger partial charge in [-0.3, -0.25) is 19.3 Å². The number of aromatic nitrogens is 1. The van der Waals surface area contributed by atoms with Crippen LogP contribution in [-0.4, -0.2) is 47.4 Å². The third-order valence-electron chi connectivity index (χ3n) is 9.15. The number of carbonyl (C=O) groups is 2. The lowest BCUT2D eigenvalue weighted by molar-refractivity contribution is -0.0417. The van der Waals surface area contributed by atoms with Crippen LogP contribution in [0.25, 0.3) is 21.6 Å². The second kappa shape index (κ2) is 10.3. The smallest absolute Gasteiger partial charge is 0.342 e. The molecule has 5 aromatic rings. The van der Waals surface area contributed by atoms with Gasteiger partial charge in [0.05, 0.1) is 24.8 Å². The number of nitrogens with zero attached hydrogens (tertiary/aromatic N) is 3. The summed E-state index contributed by atoms with van der Waals surface area (Å²) in [6.45, 7) is 0.572. The average Bonchev–Trinajstić information content (AvgIpc) is 3.67. The summed E-state index contributed by atoms with van der Waals surface area (Å²) in [6, 6.07) is 19.3. The minimum atomic E-state index is -1.26. The number of rotatable bonds is 3. The van der Waals surface area contributed by atoms with Gasteiger partial charge in [0.25, 0.3) is 12.2 Å². The molecule has 2 aromatic heterocycles. The van der Waals surface area contributed by atoms with Crippen LogP contribution in [0, 0.1) is 11.6 Å². The molecule has 1 aliphatic carbocycles. The van der Waals surface area contributed by atoms with Crippen LogP contribution in [0.15, 0.2) is 89.2 Å². The van der Waals surface area contributed by atoms with Crippen LogP contribution in [0.5, 0.6) is 5.75 Å². The minimum Gasteiger partial charge on any atom is -0.444 e. The molecule has 12 heteroatoms. The van der Waals surface area contributed by atoms with Gasteiger partial charge in [-0.1, -0.05) is 48.5 Å². The molecule has 1 saturated heterocycles. The van der Waals surface area contributed by atoms with E-state index in [1.807, 2.05) is 34.7 Å². The van der Waals surface area contributed by atoms with Crippen molar-refractivity contribution >= 4 is 23.2 Å². The molecule has 3 aliphatic heterocycles. The van der Waals surface area contributed by atoms with E-state index < -0.39 is 47.4 Å². The van der Waals surface area contributed by atoms with Crippen LogP contribution in [0.4, 0.5) is 8.78 Å². The number of benzene rings is 3. The fourth-order valence-corrected chi connectivity index (χ4v) is 8.07. The fourth-order valence-electron chi connectivity index (χ4n) is 7.12. The number of carbonyl (C=O) groups excluding carboxylic acids is 2. The Morgan fingerprint density at radius 1 is 0.851 bits per heavy atom. The quantitative estimate of drug-likeness (QED) is 0.234. The van der Waals surface area contributed by atoms with Crippen molar-refractivity contribution < 1.29 is 32.6 Å². The van der Waals surface area contributed by atoms with Gasteiger partial charge in [0.15, 0.2) is 17.3 Å². The van der Waals surface area contributed by atoms with Gasteiger partial charge in [0, 0.05) is 40.4 Å². The van der Waals surface area contributed by atoms with Crippen molar-refractivity contribution in [2.24, 2.45) is 0 Å². The molecule has 47 heavy (non-hydrogen) atoms. The summed E-state index contributed by atoms with van der Waals surface area (Å²) in [4.78, 5) is 42.8. The Bertz CT molecular complexity index is 2220. The summed E-state index contributed by atoms with van der Waals surface area (Å²) in [6.07, 6.45) is -0.472. The van der Waals surface area contributed by atoms with E-state index in [9.17, 15) is 18.8 Å². The number of halogens is 2. The van der Waals surface area contributed by atoms with E-state index >= 15 is 4.39 Å². The summed E-state index contributed by atoms with van der Waals surface area (Å²) < 4.78 is 50.0. The van der Waals surface area contributed by atoms with Crippen molar-refractivity contribution in [1.82, 2.24) is 9.58 Å².